The predicted molar refractivity (Wildman–Crippen MR) is 57.6 cm³/mol. The number of nitrogens with zero attached hydrogens (tertiary/aromatic N) is 1. The van der Waals surface area contributed by atoms with E-state index >= 15 is 0 Å². The summed E-state index contributed by atoms with van der Waals surface area (Å²) < 4.78 is 0. The van der Waals surface area contributed by atoms with Gasteiger partial charge in [0, 0.05) is 0 Å². The van der Waals surface area contributed by atoms with Crippen LogP contribution in [0.25, 0.3) is 0 Å². The SMILES string of the molecule is CC.CC(CC(=O)O)c1cbccn1. The van der Waals surface area contributed by atoms with Crippen LogP contribution in [0.2, 0.25) is 0 Å². The quantitative estimate of drug-likeness (QED) is 0.798. The number of carbonyl (C=O) groups is 1. The molecule has 0 aliphatic rings. The molecule has 0 aromatic carbocycles. The van der Waals surface area contributed by atoms with Crippen LogP contribution in [0.1, 0.15) is 38.8 Å². The van der Waals surface area contributed by atoms with Crippen molar-refractivity contribution in [3.05, 3.63) is 23.8 Å². The van der Waals surface area contributed by atoms with E-state index in [1.807, 2.05) is 39.6 Å². The molecule has 0 saturated carbocycles. The molecule has 0 spiro atoms. The van der Waals surface area contributed by atoms with E-state index in [-0.39, 0.29) is 12.3 Å². The second-order valence-corrected chi connectivity index (χ2v) is 2.75. The Morgan fingerprint density at radius 2 is 2.29 bits per heavy atom. The normalized spacial score (nSPS) is 10.8. The Balaban J connectivity index is 0.000000791. The van der Waals surface area contributed by atoms with Crippen molar-refractivity contribution in [1.29, 1.82) is 0 Å². The molecule has 76 valence electrons. The van der Waals surface area contributed by atoms with Crippen molar-refractivity contribution in [2.24, 2.45) is 0 Å². The van der Waals surface area contributed by atoms with Gasteiger partial charge in [-0.1, -0.05) is 13.8 Å². The van der Waals surface area contributed by atoms with Crippen LogP contribution in [0.4, 0.5) is 0 Å². The molecule has 0 bridgehead atoms. The fraction of sp³-hybridized carbons (Fsp3) is 0.500. The van der Waals surface area contributed by atoms with Gasteiger partial charge in [-0.15, -0.1) is 0 Å². The molecular weight excluding hydrogens is 177 g/mol. The van der Waals surface area contributed by atoms with Gasteiger partial charge >= 0.3 is 70.8 Å². The van der Waals surface area contributed by atoms with Gasteiger partial charge in [-0.2, -0.15) is 0 Å². The van der Waals surface area contributed by atoms with Gasteiger partial charge in [0.15, 0.2) is 0 Å². The van der Waals surface area contributed by atoms with Crippen LogP contribution in [0.5, 0.6) is 0 Å². The van der Waals surface area contributed by atoms with Crippen molar-refractivity contribution >= 4 is 12.9 Å². The van der Waals surface area contributed by atoms with Crippen LogP contribution in [-0.4, -0.2) is 23.0 Å². The van der Waals surface area contributed by atoms with Crippen LogP contribution in [0.3, 0.4) is 0 Å². The molecule has 0 aliphatic heterocycles. The van der Waals surface area contributed by atoms with Gasteiger partial charge in [0.25, 0.3) is 0 Å². The van der Waals surface area contributed by atoms with E-state index in [1.54, 1.807) is 6.20 Å². The number of aliphatic carboxylic acids is 1. The fourth-order valence-corrected chi connectivity index (χ4v) is 1.03. The predicted octanol–water partition coefficient (Wildman–Crippen LogP) is 2.02. The second kappa shape index (κ2) is 7.24. The van der Waals surface area contributed by atoms with E-state index in [1.165, 1.54) is 0 Å². The summed E-state index contributed by atoms with van der Waals surface area (Å²) >= 11 is 0. The Labute approximate surface area is 85.4 Å². The third-order valence-corrected chi connectivity index (χ3v) is 1.67. The summed E-state index contributed by atoms with van der Waals surface area (Å²) in [4.78, 5) is 14.4. The third-order valence-electron chi connectivity index (χ3n) is 1.67. The molecule has 1 aromatic heterocycles. The van der Waals surface area contributed by atoms with Crippen molar-refractivity contribution in [2.75, 3.05) is 0 Å². The van der Waals surface area contributed by atoms with Crippen LogP contribution >= 0.6 is 0 Å². The zero-order chi connectivity index (χ0) is 11.0. The van der Waals surface area contributed by atoms with Gasteiger partial charge in [0.05, 0.1) is 0 Å². The molecule has 1 aromatic rings. The number of aromatic nitrogens is 1. The molecular formula is C10H16BNO2. The van der Waals surface area contributed by atoms with E-state index in [2.05, 4.69) is 4.98 Å². The Morgan fingerprint density at radius 3 is 2.71 bits per heavy atom. The Morgan fingerprint density at radius 1 is 1.64 bits per heavy atom. The first kappa shape index (κ1) is 12.8. The van der Waals surface area contributed by atoms with Gasteiger partial charge in [-0.25, -0.2) is 0 Å². The monoisotopic (exact) mass is 193 g/mol. The molecule has 1 rings (SSSR count). The maximum atomic E-state index is 10.4. The van der Waals surface area contributed by atoms with E-state index in [4.69, 9.17) is 5.11 Å². The average Bonchev–Trinajstić information content (AvgIpc) is 2.21. The van der Waals surface area contributed by atoms with E-state index in [0.717, 1.165) is 5.69 Å². The maximum absolute atomic E-state index is 10.4. The Bertz CT molecular complexity index is 264. The van der Waals surface area contributed by atoms with Gasteiger partial charge in [-0.3, -0.25) is 0 Å². The van der Waals surface area contributed by atoms with Crippen LogP contribution in [0.15, 0.2) is 18.1 Å². The van der Waals surface area contributed by atoms with Gasteiger partial charge in [0.1, 0.15) is 0 Å². The molecule has 1 unspecified atom stereocenters. The molecule has 4 heteroatoms. The molecule has 0 saturated heterocycles. The first-order valence-electron chi connectivity index (χ1n) is 4.83. The summed E-state index contributed by atoms with van der Waals surface area (Å²) in [5.74, 6) is 2.86. The van der Waals surface area contributed by atoms with E-state index < -0.39 is 5.97 Å². The number of carboxylic acid groups (broad SMARTS) is 1. The summed E-state index contributed by atoms with van der Waals surface area (Å²) in [6.07, 6.45) is 1.81. The zero-order valence-electron chi connectivity index (χ0n) is 8.90. The number of carboxylic acids is 1. The first-order valence-corrected chi connectivity index (χ1v) is 4.83. The van der Waals surface area contributed by atoms with Crippen molar-refractivity contribution < 1.29 is 9.90 Å². The second-order valence-electron chi connectivity index (χ2n) is 2.75. The molecule has 1 heterocycles. The van der Waals surface area contributed by atoms with E-state index in [9.17, 15) is 4.79 Å². The summed E-state index contributed by atoms with van der Waals surface area (Å²) in [5, 5.41) is 8.52. The standard InChI is InChI=1S/C8H10BNO2.C2H6/c1-6(4-8(11)12)7-5-9-2-3-10-7;1-2/h2-3,5-6H,4H2,1H3,(H,11,12);1-2H3. The average molecular weight is 193 g/mol. The number of hydrogen-bond acceptors (Lipinski definition) is 2. The zero-order valence-corrected chi connectivity index (χ0v) is 8.90. The topological polar surface area (TPSA) is 50.2 Å². The first-order chi connectivity index (χ1) is 6.70. The molecule has 1 atom stereocenters. The van der Waals surface area contributed by atoms with Crippen molar-refractivity contribution in [3.63, 3.8) is 0 Å². The minimum atomic E-state index is -0.784. The van der Waals surface area contributed by atoms with Gasteiger partial charge in [-0.05, 0) is 0 Å². The molecule has 1 N–H and O–H groups in total. The fourth-order valence-electron chi connectivity index (χ4n) is 1.03. The third kappa shape index (κ3) is 4.75. The van der Waals surface area contributed by atoms with E-state index in [0.29, 0.717) is 0 Å². The van der Waals surface area contributed by atoms with Crippen molar-refractivity contribution in [1.82, 2.24) is 4.98 Å². The number of hydrogen-bond donors (Lipinski definition) is 1. The molecule has 0 amide bonds. The van der Waals surface area contributed by atoms with Crippen molar-refractivity contribution in [2.45, 2.75) is 33.1 Å². The molecule has 0 radical (unpaired) electrons. The summed E-state index contributed by atoms with van der Waals surface area (Å²) in [6, 6.07) is 0. The summed E-state index contributed by atoms with van der Waals surface area (Å²) in [5.41, 5.74) is 0.833. The molecule has 14 heavy (non-hydrogen) atoms. The molecule has 3 nitrogen and oxygen atoms in total. The Hall–Kier alpha value is -1.19. The van der Waals surface area contributed by atoms with Crippen molar-refractivity contribution in [3.8, 4) is 0 Å². The Kier molecular flexibility index (Phi) is 6.63. The van der Waals surface area contributed by atoms with Crippen LogP contribution in [-0.2, 0) is 4.79 Å². The van der Waals surface area contributed by atoms with Crippen LogP contribution in [0, 0.1) is 0 Å². The van der Waals surface area contributed by atoms with Crippen LogP contribution < -0.4 is 0 Å². The summed E-state index contributed by atoms with van der Waals surface area (Å²) in [6.45, 7) is 7.72. The van der Waals surface area contributed by atoms with Gasteiger partial charge in [0.2, 0.25) is 0 Å². The van der Waals surface area contributed by atoms with Gasteiger partial charge < -0.3 is 0 Å². The summed E-state index contributed by atoms with van der Waals surface area (Å²) in [7, 11) is 0. The molecule has 0 fully saturated rings. The number of rotatable bonds is 3. The minimum absolute atomic E-state index is 0.0105. The molecule has 0 aliphatic carbocycles.